The maximum Gasteiger partial charge on any atom is 0.481 e. The minimum atomic E-state index is -4.34. The molecule has 0 saturated carbocycles. The van der Waals surface area contributed by atoms with E-state index in [1.54, 1.807) is 0 Å². The van der Waals surface area contributed by atoms with E-state index in [4.69, 9.17) is 13.6 Å². The predicted molar refractivity (Wildman–Crippen MR) is 167 cm³/mol. The lowest BCUT2D eigenvalue weighted by Gasteiger charge is -2.44. The Balaban J connectivity index is 6.41. The van der Waals surface area contributed by atoms with Crippen molar-refractivity contribution < 1.29 is 18.1 Å². The van der Waals surface area contributed by atoms with Gasteiger partial charge in [0.15, 0.2) is 6.84 Å². The van der Waals surface area contributed by atoms with Crippen molar-refractivity contribution in [2.45, 2.75) is 52.9 Å². The van der Waals surface area contributed by atoms with Crippen LogP contribution in [0.4, 0.5) is 0 Å². The molecule has 0 amide bonds. The molecule has 0 aromatic heterocycles. The van der Waals surface area contributed by atoms with Crippen LogP contribution in [0.5, 0.6) is 0 Å². The van der Waals surface area contributed by atoms with Gasteiger partial charge >= 0.3 is 7.82 Å². The maximum atomic E-state index is 14.1. The highest BCUT2D eigenvalue weighted by molar-refractivity contribution is 9.30. The molecule has 0 aromatic carbocycles. The van der Waals surface area contributed by atoms with Gasteiger partial charge in [-0.1, -0.05) is 114 Å². The third-order valence-corrected chi connectivity index (χ3v) is 22.7. The summed E-state index contributed by atoms with van der Waals surface area (Å²) in [5.74, 6) is 0. The van der Waals surface area contributed by atoms with E-state index < -0.39 is 32.1 Å². The summed E-state index contributed by atoms with van der Waals surface area (Å²) < 4.78 is 27.2. The number of phosphoric acid groups is 1. The lowest BCUT2D eigenvalue weighted by Crippen LogP contribution is -2.45. The van der Waals surface area contributed by atoms with Gasteiger partial charge in [0, 0.05) is 26.3 Å². The minimum Gasteiger partial charge on any atom is -0.257 e. The summed E-state index contributed by atoms with van der Waals surface area (Å²) in [6, 6.07) is 0. The van der Waals surface area contributed by atoms with E-state index in [0.29, 0.717) is 10.7 Å². The number of halogens is 11. The van der Waals surface area contributed by atoms with Gasteiger partial charge in [-0.05, 0) is 95.6 Å². The molecule has 0 bridgehead atoms. The van der Waals surface area contributed by atoms with Crippen molar-refractivity contribution in [3.8, 4) is 0 Å². The fraction of sp³-hybridized carbons (Fsp3) is 1.00. The SMILES string of the molecule is CC(Br)C(Br)(Br)C(Br)(Br)OP(=O)(OC(Br)(Br)C(C)(C)CBr)OC(Br)(Br)C(C)(C)CBr. The smallest absolute Gasteiger partial charge is 0.257 e. The molecule has 1 atom stereocenters. The van der Waals surface area contributed by atoms with Crippen molar-refractivity contribution in [2.24, 2.45) is 10.8 Å². The Morgan fingerprint density at radius 3 is 1.20 bits per heavy atom. The fourth-order valence-corrected chi connectivity index (χ4v) is 10.8. The van der Waals surface area contributed by atoms with Crippen LogP contribution in [0.15, 0.2) is 0 Å². The van der Waals surface area contributed by atoms with E-state index in [2.05, 4.69) is 175 Å². The van der Waals surface area contributed by atoms with Crippen LogP contribution < -0.4 is 0 Å². The van der Waals surface area contributed by atoms with Crippen LogP contribution in [-0.4, -0.2) is 29.0 Å². The third kappa shape index (κ3) is 9.00. The largest absolute Gasteiger partial charge is 0.481 e. The molecule has 0 aliphatic heterocycles. The van der Waals surface area contributed by atoms with Gasteiger partial charge < -0.3 is 0 Å². The van der Waals surface area contributed by atoms with Crippen LogP contribution in [0, 0.1) is 10.8 Å². The van der Waals surface area contributed by atoms with Crippen LogP contribution in [0.25, 0.3) is 0 Å². The molecule has 182 valence electrons. The molecule has 0 aromatic rings. The molecule has 1 unspecified atom stereocenters. The molecule has 0 saturated heterocycles. The summed E-state index contributed by atoms with van der Waals surface area (Å²) in [5.41, 5.74) is -1.13. The zero-order chi connectivity index (χ0) is 24.6. The van der Waals surface area contributed by atoms with Crippen LogP contribution in [-0.2, 0) is 18.1 Å². The van der Waals surface area contributed by atoms with Crippen LogP contribution in [0.3, 0.4) is 0 Å². The Kier molecular flexibility index (Phi) is 14.7. The van der Waals surface area contributed by atoms with Gasteiger partial charge in [0.25, 0.3) is 0 Å². The second-order valence-electron chi connectivity index (χ2n) is 7.55. The predicted octanol–water partition coefficient (Wildman–Crippen LogP) is 11.6. The zero-order valence-electron chi connectivity index (χ0n) is 16.2. The summed E-state index contributed by atoms with van der Waals surface area (Å²) in [7, 11) is -4.34. The molecule has 0 fully saturated rings. The van der Waals surface area contributed by atoms with Gasteiger partial charge in [-0.2, -0.15) is 0 Å². The standard InChI is InChI=1S/C14H20Br11O4P/c1-8(17)11(18,19)14(24,25)29-30(26,27-12(20,21)9(2,3)6-15)28-13(22,23)10(4,5)7-16/h8H,6-7H2,1-5H3. The monoisotopic (exact) mass is 1150 g/mol. The number of hydrogen-bond acceptors (Lipinski definition) is 4. The lowest BCUT2D eigenvalue weighted by atomic mass is 9.98. The summed E-state index contributed by atoms with van der Waals surface area (Å²) in [6.07, 6.45) is 0. The molecule has 4 nitrogen and oxygen atoms in total. The van der Waals surface area contributed by atoms with Gasteiger partial charge in [-0.3, -0.25) is 13.6 Å². The first-order valence-corrected chi connectivity index (χ1v) is 18.9. The molecule has 0 aliphatic carbocycles. The van der Waals surface area contributed by atoms with E-state index >= 15 is 0 Å². The van der Waals surface area contributed by atoms with Crippen LogP contribution >= 0.6 is 183 Å². The number of alkyl halides is 11. The molecule has 0 N–H and O–H groups in total. The zero-order valence-corrected chi connectivity index (χ0v) is 34.6. The Hall–Kier alpha value is 5.39. The highest BCUT2D eigenvalue weighted by Crippen LogP contribution is 2.70. The number of rotatable bonds is 12. The van der Waals surface area contributed by atoms with Gasteiger partial charge in [-0.25, -0.2) is 4.57 Å². The van der Waals surface area contributed by atoms with E-state index in [0.717, 1.165) is 0 Å². The van der Waals surface area contributed by atoms with Crippen molar-refractivity contribution >= 4 is 183 Å². The summed E-state index contributed by atoms with van der Waals surface area (Å²) in [6.45, 7) is 9.49. The topological polar surface area (TPSA) is 44.8 Å². The highest BCUT2D eigenvalue weighted by atomic mass is 79.9. The van der Waals surface area contributed by atoms with Crippen LogP contribution in [0.2, 0.25) is 0 Å². The van der Waals surface area contributed by atoms with Crippen molar-refractivity contribution in [3.05, 3.63) is 0 Å². The molecule has 0 radical (unpaired) electrons. The first-order chi connectivity index (χ1) is 12.9. The van der Waals surface area contributed by atoms with E-state index in [9.17, 15) is 4.57 Å². The first-order valence-electron chi connectivity index (χ1n) is 7.93. The summed E-state index contributed by atoms with van der Waals surface area (Å²) in [4.78, 5) is -0.189. The van der Waals surface area contributed by atoms with Crippen molar-refractivity contribution in [1.29, 1.82) is 0 Å². The van der Waals surface area contributed by atoms with E-state index in [1.807, 2.05) is 34.6 Å². The lowest BCUT2D eigenvalue weighted by molar-refractivity contribution is 0.0253. The van der Waals surface area contributed by atoms with Crippen molar-refractivity contribution in [1.82, 2.24) is 0 Å². The van der Waals surface area contributed by atoms with Gasteiger partial charge in [0.05, 0.1) is 0 Å². The summed E-state index contributed by atoms with van der Waals surface area (Å²) >= 11 is 38.4. The van der Waals surface area contributed by atoms with Gasteiger partial charge in [-0.15, -0.1) is 0 Å². The first kappa shape index (κ1) is 35.4. The van der Waals surface area contributed by atoms with Crippen LogP contribution in [0.1, 0.15) is 34.6 Å². The van der Waals surface area contributed by atoms with E-state index in [-0.39, 0.29) is 4.83 Å². The molecule has 30 heavy (non-hydrogen) atoms. The second-order valence-corrected chi connectivity index (χ2v) is 24.9. The quantitative estimate of drug-likeness (QED) is 0.144. The molecule has 0 spiro atoms. The van der Waals surface area contributed by atoms with Crippen molar-refractivity contribution in [2.75, 3.05) is 10.7 Å². The normalized spacial score (nSPS) is 16.7. The second kappa shape index (κ2) is 12.5. The average molecular weight is 1160 g/mol. The Bertz CT molecular complexity index is 603. The maximum absolute atomic E-state index is 14.1. The Morgan fingerprint density at radius 1 is 0.700 bits per heavy atom. The highest BCUT2D eigenvalue weighted by Gasteiger charge is 2.59. The van der Waals surface area contributed by atoms with Gasteiger partial charge in [0.2, 0.25) is 3.42 Å². The Labute approximate surface area is 271 Å². The molecule has 0 aliphatic rings. The summed E-state index contributed by atoms with van der Waals surface area (Å²) in [5, 5.41) is 1.04. The number of phosphoric ester groups is 1. The van der Waals surface area contributed by atoms with Crippen molar-refractivity contribution in [3.63, 3.8) is 0 Å². The number of hydrogen-bond donors (Lipinski definition) is 0. The molecule has 16 heteroatoms. The molecule has 0 rings (SSSR count). The molecular weight excluding hydrogens is 1140 g/mol. The molecular formula is C14H20Br11O4P. The van der Waals surface area contributed by atoms with Gasteiger partial charge in [0.1, 0.15) is 3.23 Å². The Morgan fingerprint density at radius 2 is 0.967 bits per heavy atom. The van der Waals surface area contributed by atoms with E-state index in [1.165, 1.54) is 0 Å². The minimum absolute atomic E-state index is 0.189. The third-order valence-electron chi connectivity index (χ3n) is 3.81. The molecule has 0 heterocycles. The fourth-order valence-electron chi connectivity index (χ4n) is 1.17. The average Bonchev–Trinajstić information content (AvgIpc) is 2.51.